The summed E-state index contributed by atoms with van der Waals surface area (Å²) in [7, 11) is 0. The zero-order valence-corrected chi connectivity index (χ0v) is 26.7. The van der Waals surface area contributed by atoms with Gasteiger partial charge in [-0.2, -0.15) is 15.3 Å². The first-order chi connectivity index (χ1) is 22.6. The Morgan fingerprint density at radius 1 is 1.09 bits per heavy atom. The van der Waals surface area contributed by atoms with E-state index in [1.807, 2.05) is 48.5 Å². The van der Waals surface area contributed by atoms with E-state index in [-0.39, 0.29) is 12.5 Å². The van der Waals surface area contributed by atoms with Gasteiger partial charge in [0, 0.05) is 34.6 Å². The Bertz CT molecular complexity index is 1750. The molecule has 47 heavy (non-hydrogen) atoms. The van der Waals surface area contributed by atoms with E-state index in [4.69, 9.17) is 17.4 Å². The number of carbonyl (C=O) groups is 2. The van der Waals surface area contributed by atoms with Crippen molar-refractivity contribution in [1.29, 1.82) is 0 Å². The largest absolute Gasteiger partial charge is 0.394 e. The summed E-state index contributed by atoms with van der Waals surface area (Å²) in [5.74, 6) is 5.71. The lowest BCUT2D eigenvalue weighted by Crippen LogP contribution is -2.48. The van der Waals surface area contributed by atoms with Gasteiger partial charge in [-0.05, 0) is 73.9 Å². The third-order valence-electron chi connectivity index (χ3n) is 6.89. The van der Waals surface area contributed by atoms with Crippen LogP contribution in [-0.2, 0) is 11.2 Å². The maximum atomic E-state index is 13.3. The molecule has 1 aromatic heterocycles. The molecule has 0 aliphatic carbocycles. The number of hydrogen-bond donors (Lipinski definition) is 5. The van der Waals surface area contributed by atoms with Crippen molar-refractivity contribution in [3.63, 3.8) is 0 Å². The molecule has 1 atom stereocenters. The Morgan fingerprint density at radius 2 is 1.83 bits per heavy atom. The summed E-state index contributed by atoms with van der Waals surface area (Å²) in [4.78, 5) is 25.6. The number of aliphatic hydroxyl groups excluding tert-OH is 1. The number of nitrogens with one attached hydrogen (secondary N) is 3. The SMILES string of the molecule is C=N/N=C\N(N)c1ccc(Cl)cc1/C=C/C(=O)N[C@@H](Cc1ccccc1)c1cc(-c2ccc(NC(=O)NC(C)(C)CO)cc2)cnn1. The molecule has 3 amide bonds. The molecule has 0 fully saturated rings. The molecule has 6 N–H and O–H groups in total. The number of carbonyl (C=O) groups excluding carboxylic acids is 2. The van der Waals surface area contributed by atoms with Crippen LogP contribution in [0.25, 0.3) is 17.2 Å². The van der Waals surface area contributed by atoms with Gasteiger partial charge in [-0.1, -0.05) is 54.1 Å². The molecule has 4 aromatic rings. The number of anilines is 2. The summed E-state index contributed by atoms with van der Waals surface area (Å²) >= 11 is 6.22. The minimum absolute atomic E-state index is 0.196. The number of hydrogen-bond acceptors (Lipinski definition) is 8. The highest BCUT2D eigenvalue weighted by Gasteiger charge is 2.20. The monoisotopic (exact) mass is 653 g/mol. The minimum Gasteiger partial charge on any atom is -0.394 e. The van der Waals surface area contributed by atoms with E-state index in [1.165, 1.54) is 17.4 Å². The second-order valence-corrected chi connectivity index (χ2v) is 11.6. The summed E-state index contributed by atoms with van der Waals surface area (Å²) in [6, 6.07) is 22.9. The molecule has 0 aliphatic heterocycles. The number of rotatable bonds is 13. The Hall–Kier alpha value is -5.43. The van der Waals surface area contributed by atoms with E-state index >= 15 is 0 Å². The minimum atomic E-state index is -0.757. The van der Waals surface area contributed by atoms with Crippen molar-refractivity contribution in [1.82, 2.24) is 20.8 Å². The quantitative estimate of drug-likeness (QED) is 0.0438. The van der Waals surface area contributed by atoms with Gasteiger partial charge in [-0.25, -0.2) is 10.6 Å². The van der Waals surface area contributed by atoms with Crippen molar-refractivity contribution in [3.05, 3.63) is 113 Å². The first-order valence-electron chi connectivity index (χ1n) is 14.5. The second kappa shape index (κ2) is 16.2. The Labute approximate surface area is 278 Å². The number of nitrogens with zero attached hydrogens (tertiary/aromatic N) is 5. The van der Waals surface area contributed by atoms with Crippen molar-refractivity contribution in [2.24, 2.45) is 16.0 Å². The number of halogens is 1. The second-order valence-electron chi connectivity index (χ2n) is 11.1. The number of hydrazine groups is 1. The van der Waals surface area contributed by atoms with Gasteiger partial charge in [-0.3, -0.25) is 9.80 Å². The van der Waals surface area contributed by atoms with E-state index in [0.29, 0.717) is 34.1 Å². The third-order valence-corrected chi connectivity index (χ3v) is 7.13. The fraction of sp³-hybridized carbons (Fsp3) is 0.176. The van der Waals surface area contributed by atoms with Crippen molar-refractivity contribution >= 4 is 54.0 Å². The number of urea groups is 1. The zero-order valence-electron chi connectivity index (χ0n) is 26.0. The average Bonchev–Trinajstić information content (AvgIpc) is 3.06. The molecule has 0 radical (unpaired) electrons. The molecular formula is C34H36ClN9O3. The van der Waals surface area contributed by atoms with Gasteiger partial charge < -0.3 is 21.1 Å². The standard InChI is InChI=1S/C34H36ClN9O3/c1-34(2,21-45)42-33(47)40-28-13-9-24(10-14-28)26-19-30(43-38-20-26)29(17-23-7-5-4-6-8-23)41-32(46)16-11-25-18-27(35)12-15-31(25)44(36)22-39-37-3/h4-16,18-20,22,29,45H,3,17,21,36H2,1-2H3,(H,41,46)(H2,40,42,47)/b16-11+,39-22-/t29-/m0/s1. The summed E-state index contributed by atoms with van der Waals surface area (Å²) in [6.07, 6.45) is 6.38. The molecule has 3 aromatic carbocycles. The Morgan fingerprint density at radius 3 is 2.53 bits per heavy atom. The first kappa shape index (κ1) is 34.4. The molecule has 1 heterocycles. The van der Waals surface area contributed by atoms with Gasteiger partial charge in [0.2, 0.25) is 5.91 Å². The third kappa shape index (κ3) is 10.3. The van der Waals surface area contributed by atoms with Gasteiger partial charge in [0.05, 0.1) is 35.8 Å². The van der Waals surface area contributed by atoms with E-state index < -0.39 is 17.6 Å². The molecule has 0 unspecified atom stereocenters. The molecule has 4 rings (SSSR count). The lowest BCUT2D eigenvalue weighted by molar-refractivity contribution is -0.117. The molecule has 0 bridgehead atoms. The predicted molar refractivity (Wildman–Crippen MR) is 187 cm³/mol. The van der Waals surface area contributed by atoms with Gasteiger partial charge in [0.1, 0.15) is 6.34 Å². The van der Waals surface area contributed by atoms with E-state index in [9.17, 15) is 14.7 Å². The lowest BCUT2D eigenvalue weighted by atomic mass is 10.00. The van der Waals surface area contributed by atoms with Crippen LogP contribution in [0, 0.1) is 0 Å². The molecule has 13 heteroatoms. The lowest BCUT2D eigenvalue weighted by Gasteiger charge is -2.23. The van der Waals surface area contributed by atoms with E-state index in [0.717, 1.165) is 16.7 Å². The summed E-state index contributed by atoms with van der Waals surface area (Å²) < 4.78 is 0. The molecule has 0 saturated heterocycles. The number of nitrogens with two attached hydrogens (primary N) is 1. The fourth-order valence-electron chi connectivity index (χ4n) is 4.48. The smallest absolute Gasteiger partial charge is 0.319 e. The predicted octanol–water partition coefficient (Wildman–Crippen LogP) is 5.13. The van der Waals surface area contributed by atoms with Crippen molar-refractivity contribution in [3.8, 4) is 11.1 Å². The highest BCUT2D eigenvalue weighted by atomic mass is 35.5. The van der Waals surface area contributed by atoms with E-state index in [1.54, 1.807) is 56.5 Å². The Balaban J connectivity index is 1.55. The zero-order chi connectivity index (χ0) is 33.8. The number of aromatic nitrogens is 2. The maximum Gasteiger partial charge on any atom is 0.319 e. The van der Waals surface area contributed by atoms with Crippen LogP contribution < -0.4 is 26.8 Å². The molecule has 0 aliphatic rings. The van der Waals surface area contributed by atoms with Gasteiger partial charge in [0.25, 0.3) is 0 Å². The van der Waals surface area contributed by atoms with Crippen LogP contribution in [-0.4, -0.2) is 52.4 Å². The van der Waals surface area contributed by atoms with Crippen LogP contribution in [0.3, 0.4) is 0 Å². The van der Waals surface area contributed by atoms with Gasteiger partial charge in [0.15, 0.2) is 0 Å². The molecule has 242 valence electrons. The van der Waals surface area contributed by atoms with Crippen LogP contribution >= 0.6 is 11.6 Å². The van der Waals surface area contributed by atoms with Crippen LogP contribution in [0.5, 0.6) is 0 Å². The van der Waals surface area contributed by atoms with Gasteiger partial charge >= 0.3 is 6.03 Å². The first-order valence-corrected chi connectivity index (χ1v) is 14.9. The van der Waals surface area contributed by atoms with Crippen LogP contribution in [0.1, 0.15) is 36.7 Å². The number of benzene rings is 3. The Kier molecular flexibility index (Phi) is 11.9. The topological polar surface area (TPSA) is 170 Å². The van der Waals surface area contributed by atoms with Crippen LogP contribution in [0.4, 0.5) is 16.2 Å². The highest BCUT2D eigenvalue weighted by Crippen LogP contribution is 2.26. The van der Waals surface area contributed by atoms with Crippen LogP contribution in [0.2, 0.25) is 5.02 Å². The molecule has 0 saturated carbocycles. The average molecular weight is 654 g/mol. The normalized spacial score (nSPS) is 12.1. The molecular weight excluding hydrogens is 618 g/mol. The number of amides is 3. The van der Waals surface area contributed by atoms with Crippen LogP contribution in [0.15, 0.2) is 101 Å². The van der Waals surface area contributed by atoms with E-state index in [2.05, 4.69) is 43.1 Å². The fourth-order valence-corrected chi connectivity index (χ4v) is 4.66. The summed E-state index contributed by atoms with van der Waals surface area (Å²) in [6.45, 7) is 6.55. The maximum absolute atomic E-state index is 13.3. The highest BCUT2D eigenvalue weighted by molar-refractivity contribution is 6.30. The van der Waals surface area contributed by atoms with Crippen molar-refractivity contribution in [2.75, 3.05) is 16.9 Å². The van der Waals surface area contributed by atoms with Gasteiger partial charge in [-0.15, -0.1) is 5.10 Å². The molecule has 12 nitrogen and oxygen atoms in total. The number of aliphatic hydroxyl groups is 1. The summed E-state index contributed by atoms with van der Waals surface area (Å²) in [5.41, 5.74) is 4.12. The summed E-state index contributed by atoms with van der Waals surface area (Å²) in [5, 5.41) is 35.4. The molecule has 0 spiro atoms. The van der Waals surface area contributed by atoms with Crippen molar-refractivity contribution in [2.45, 2.75) is 31.8 Å². The van der Waals surface area contributed by atoms with Crippen molar-refractivity contribution < 1.29 is 14.7 Å².